The van der Waals surface area contributed by atoms with Gasteiger partial charge in [-0.2, -0.15) is 0 Å². The molecule has 0 heterocycles. The number of hydrogen-bond acceptors (Lipinski definition) is 3. The summed E-state index contributed by atoms with van der Waals surface area (Å²) in [7, 11) is 0. The third-order valence-electron chi connectivity index (χ3n) is 8.69. The van der Waals surface area contributed by atoms with Crippen molar-refractivity contribution in [3.8, 4) is 0 Å². The lowest BCUT2D eigenvalue weighted by atomic mass is 9.88. The first kappa shape index (κ1) is 32.0. The molecular formula is C45H37N5. The number of nitrogens with zero attached hydrogens (tertiary/aromatic N) is 3. The molecule has 4 N–H and O–H groups in total. The Morgan fingerprint density at radius 2 is 0.940 bits per heavy atom. The minimum atomic E-state index is 0.333. The predicted octanol–water partition coefficient (Wildman–Crippen LogP) is 9.33. The smallest absolute Gasteiger partial charge is 0.157 e. The Bertz CT molecular complexity index is 2360. The van der Waals surface area contributed by atoms with E-state index in [-0.39, 0.29) is 0 Å². The highest BCUT2D eigenvalue weighted by Gasteiger charge is 2.19. The van der Waals surface area contributed by atoms with Crippen molar-refractivity contribution < 1.29 is 0 Å². The van der Waals surface area contributed by atoms with Gasteiger partial charge in [-0.1, -0.05) is 170 Å². The van der Waals surface area contributed by atoms with E-state index in [2.05, 4.69) is 60.7 Å². The highest BCUT2D eigenvalue weighted by Crippen LogP contribution is 2.35. The molecule has 0 unspecified atom stereocenters. The molecule has 0 saturated heterocycles. The topological polar surface area (TPSA) is 89.1 Å². The molecule has 0 fully saturated rings. The molecule has 7 aromatic rings. The number of rotatable bonds is 9. The zero-order valence-corrected chi connectivity index (χ0v) is 27.7. The summed E-state index contributed by atoms with van der Waals surface area (Å²) in [5.74, 6) is 0.956. The van der Waals surface area contributed by atoms with Crippen LogP contribution < -0.4 is 11.5 Å². The van der Waals surface area contributed by atoms with Crippen molar-refractivity contribution in [3.63, 3.8) is 0 Å². The van der Waals surface area contributed by atoms with Crippen molar-refractivity contribution in [2.45, 2.75) is 13.1 Å². The van der Waals surface area contributed by atoms with Crippen LogP contribution in [0.2, 0.25) is 0 Å². The Morgan fingerprint density at radius 3 is 1.56 bits per heavy atom. The molecule has 0 aromatic heterocycles. The van der Waals surface area contributed by atoms with Gasteiger partial charge in [0.15, 0.2) is 5.84 Å². The van der Waals surface area contributed by atoms with E-state index in [4.69, 9.17) is 26.4 Å². The van der Waals surface area contributed by atoms with Gasteiger partial charge in [-0.05, 0) is 44.3 Å². The lowest BCUT2D eigenvalue weighted by molar-refractivity contribution is 1.05. The highest BCUT2D eigenvalue weighted by molar-refractivity contribution is 6.25. The van der Waals surface area contributed by atoms with Gasteiger partial charge in [-0.25, -0.2) is 4.99 Å². The zero-order valence-electron chi connectivity index (χ0n) is 27.7. The van der Waals surface area contributed by atoms with Gasteiger partial charge in [0, 0.05) is 22.4 Å². The van der Waals surface area contributed by atoms with Crippen LogP contribution in [0.25, 0.3) is 27.2 Å². The Hall–Kier alpha value is -6.59. The van der Waals surface area contributed by atoms with Crippen molar-refractivity contribution >= 4 is 44.6 Å². The van der Waals surface area contributed by atoms with E-state index in [9.17, 15) is 0 Å². The van der Waals surface area contributed by atoms with Crippen molar-refractivity contribution in [2.75, 3.05) is 0 Å². The van der Waals surface area contributed by atoms with E-state index in [1.165, 1.54) is 0 Å². The molecule has 0 aliphatic heterocycles. The third-order valence-corrected chi connectivity index (χ3v) is 8.69. The number of aliphatic imine (C=N–C) groups is 3. The largest absolute Gasteiger partial charge is 0.398 e. The second kappa shape index (κ2) is 15.1. The van der Waals surface area contributed by atoms with E-state index in [1.54, 1.807) is 0 Å². The Balaban J connectivity index is 1.47. The summed E-state index contributed by atoms with van der Waals surface area (Å²) in [5, 5.41) is 4.46. The van der Waals surface area contributed by atoms with Crippen LogP contribution in [0.3, 0.4) is 0 Å². The Morgan fingerprint density at radius 1 is 0.460 bits per heavy atom. The van der Waals surface area contributed by atoms with Crippen LogP contribution >= 0.6 is 0 Å². The molecule has 0 atom stereocenters. The van der Waals surface area contributed by atoms with Crippen molar-refractivity contribution in [2.24, 2.45) is 26.4 Å². The highest BCUT2D eigenvalue weighted by atomic mass is 15.0. The SMILES string of the molecule is N/C(=C\C(=N/Cc1ccccc1)c1c(C/N=C(\N=C(/N)c2ccccc2)c2ccccc2)c2ccccc2c2ccccc12)c1ccccc1. The standard InChI is InChI=1S/C45H37N5/c46-41(33-19-7-2-8-20-33)29-42(48-30-32-17-5-1-6-18-32)43-39-28-16-15-26-37(39)36-25-13-14-27-38(36)40(43)31-49-45(35-23-11-4-12-24-35)50-44(47)34-21-9-3-10-22-34/h1-29H,30-31,46H2,(H2,47,49,50)/b41-29-,48-42+. The normalized spacial score (nSPS) is 12.8. The lowest BCUT2D eigenvalue weighted by Crippen LogP contribution is -2.16. The molecule has 0 saturated carbocycles. The number of fused-ring (bicyclic) bond motifs is 3. The quantitative estimate of drug-likeness (QED) is 0.0929. The van der Waals surface area contributed by atoms with Crippen LogP contribution in [-0.4, -0.2) is 17.4 Å². The monoisotopic (exact) mass is 647 g/mol. The van der Waals surface area contributed by atoms with Crippen LogP contribution in [-0.2, 0) is 13.1 Å². The van der Waals surface area contributed by atoms with Gasteiger partial charge < -0.3 is 11.5 Å². The summed E-state index contributed by atoms with van der Waals surface area (Å²) < 4.78 is 0. The van der Waals surface area contributed by atoms with Crippen molar-refractivity contribution in [3.05, 3.63) is 209 Å². The second-order valence-corrected chi connectivity index (χ2v) is 12.0. The van der Waals surface area contributed by atoms with E-state index in [1.807, 2.05) is 115 Å². The van der Waals surface area contributed by atoms with Gasteiger partial charge in [-0.15, -0.1) is 0 Å². The average Bonchev–Trinajstić information content (AvgIpc) is 3.19. The maximum Gasteiger partial charge on any atom is 0.157 e. The molecule has 0 bridgehead atoms. The molecule has 50 heavy (non-hydrogen) atoms. The van der Waals surface area contributed by atoms with Crippen LogP contribution in [0.4, 0.5) is 0 Å². The van der Waals surface area contributed by atoms with E-state index in [0.29, 0.717) is 30.5 Å². The van der Waals surface area contributed by atoms with E-state index < -0.39 is 0 Å². The lowest BCUT2D eigenvalue weighted by Gasteiger charge is -2.18. The summed E-state index contributed by atoms with van der Waals surface area (Å²) in [6, 6.07) is 57.1. The number of benzene rings is 7. The summed E-state index contributed by atoms with van der Waals surface area (Å²) in [5.41, 5.74) is 20.6. The molecule has 0 spiro atoms. The molecule has 5 heteroatoms. The Kier molecular flexibility index (Phi) is 9.66. The van der Waals surface area contributed by atoms with Crippen molar-refractivity contribution in [1.29, 1.82) is 0 Å². The molecule has 7 rings (SSSR count). The second-order valence-electron chi connectivity index (χ2n) is 12.0. The first-order valence-electron chi connectivity index (χ1n) is 16.7. The number of amidine groups is 2. The van der Waals surface area contributed by atoms with Gasteiger partial charge >= 0.3 is 0 Å². The summed E-state index contributed by atoms with van der Waals surface area (Å²) >= 11 is 0. The zero-order chi connectivity index (χ0) is 34.1. The molecule has 0 radical (unpaired) electrons. The average molecular weight is 648 g/mol. The van der Waals surface area contributed by atoms with E-state index in [0.717, 1.165) is 60.6 Å². The molecule has 0 aliphatic rings. The summed E-state index contributed by atoms with van der Waals surface area (Å²) in [6.07, 6.45) is 2.01. The molecule has 242 valence electrons. The van der Waals surface area contributed by atoms with Crippen molar-refractivity contribution in [1.82, 2.24) is 0 Å². The first-order chi connectivity index (χ1) is 24.7. The molecule has 7 aromatic carbocycles. The maximum atomic E-state index is 6.84. The fraction of sp³-hybridized carbons (Fsp3) is 0.0444. The van der Waals surface area contributed by atoms with Gasteiger partial charge in [0.05, 0.1) is 18.8 Å². The third kappa shape index (κ3) is 7.13. The van der Waals surface area contributed by atoms with Crippen LogP contribution in [0.5, 0.6) is 0 Å². The number of nitrogens with two attached hydrogens (primary N) is 2. The van der Waals surface area contributed by atoms with Crippen LogP contribution in [0, 0.1) is 0 Å². The predicted molar refractivity (Wildman–Crippen MR) is 211 cm³/mol. The molecule has 0 aliphatic carbocycles. The number of allylic oxidation sites excluding steroid dienone is 1. The summed E-state index contributed by atoms with van der Waals surface area (Å²) in [4.78, 5) is 15.4. The van der Waals surface area contributed by atoms with E-state index >= 15 is 0 Å². The fourth-order valence-electron chi connectivity index (χ4n) is 6.21. The fourth-order valence-corrected chi connectivity index (χ4v) is 6.21. The summed E-state index contributed by atoms with van der Waals surface area (Å²) in [6.45, 7) is 0.825. The van der Waals surface area contributed by atoms with Gasteiger partial charge in [0.2, 0.25) is 0 Å². The Labute approximate surface area is 292 Å². The molecular weight excluding hydrogens is 611 g/mol. The van der Waals surface area contributed by atoms with Gasteiger partial charge in [-0.3, -0.25) is 9.98 Å². The van der Waals surface area contributed by atoms with Crippen LogP contribution in [0.15, 0.2) is 191 Å². The van der Waals surface area contributed by atoms with Crippen LogP contribution in [0.1, 0.15) is 33.4 Å². The number of hydrogen-bond donors (Lipinski definition) is 2. The molecule has 5 nitrogen and oxygen atoms in total. The minimum absolute atomic E-state index is 0.333. The van der Waals surface area contributed by atoms with Gasteiger partial charge in [0.1, 0.15) is 5.84 Å². The molecule has 0 amide bonds. The minimum Gasteiger partial charge on any atom is -0.398 e. The first-order valence-corrected chi connectivity index (χ1v) is 16.7. The maximum absolute atomic E-state index is 6.84. The van der Waals surface area contributed by atoms with Gasteiger partial charge in [0.25, 0.3) is 0 Å².